The van der Waals surface area contributed by atoms with Crippen LogP contribution < -0.4 is 10.4 Å². The van der Waals surface area contributed by atoms with E-state index in [1.54, 1.807) is 5.19 Å². The van der Waals surface area contributed by atoms with Crippen LogP contribution in [0.5, 0.6) is 0 Å². The lowest BCUT2D eigenvalue weighted by Crippen LogP contribution is -2.29. The summed E-state index contributed by atoms with van der Waals surface area (Å²) in [6.45, 7) is 2.23. The van der Waals surface area contributed by atoms with Crippen molar-refractivity contribution in [1.82, 2.24) is 0 Å². The van der Waals surface area contributed by atoms with Gasteiger partial charge in [-0.2, -0.15) is 0 Å². The molecule has 76 valence electrons. The Morgan fingerprint density at radius 3 is 2.27 bits per heavy atom. The van der Waals surface area contributed by atoms with Crippen LogP contribution in [-0.2, 0) is 6.42 Å². The minimum absolute atomic E-state index is 0.274. The predicted octanol–water partition coefficient (Wildman–Crippen LogP) is 1.37. The molecule has 2 aromatic rings. The van der Waals surface area contributed by atoms with E-state index in [1.165, 1.54) is 10.8 Å². The minimum Gasteiger partial charge on any atom is -0.0633 e. The van der Waals surface area contributed by atoms with Gasteiger partial charge in [0.1, 0.15) is 0 Å². The molecule has 2 rings (SSSR count). The number of hydrogen-bond acceptors (Lipinski definition) is 0. The fourth-order valence-electron chi connectivity index (χ4n) is 1.89. The molecular formula is C14H16Si. The fraction of sp³-hybridized carbons (Fsp3) is 0.143. The monoisotopic (exact) mass is 212 g/mol. The first-order valence-corrected chi connectivity index (χ1v) is 6.92. The SMILES string of the molecule is CCc1ccccc1[SiH2]c1ccccc1. The number of hydrogen-bond donors (Lipinski definition) is 0. The zero-order chi connectivity index (χ0) is 10.5. The van der Waals surface area contributed by atoms with E-state index >= 15 is 0 Å². The van der Waals surface area contributed by atoms with Crippen LogP contribution in [0.25, 0.3) is 0 Å². The van der Waals surface area contributed by atoms with Crippen LogP contribution in [0.15, 0.2) is 54.6 Å². The topological polar surface area (TPSA) is 0 Å². The zero-order valence-corrected chi connectivity index (χ0v) is 10.5. The van der Waals surface area contributed by atoms with Crippen LogP contribution in [-0.4, -0.2) is 9.52 Å². The normalized spacial score (nSPS) is 11.0. The first-order chi connectivity index (χ1) is 7.40. The van der Waals surface area contributed by atoms with Crippen molar-refractivity contribution in [3.05, 3.63) is 60.2 Å². The van der Waals surface area contributed by atoms with Gasteiger partial charge in [0.15, 0.2) is 0 Å². The molecule has 0 unspecified atom stereocenters. The molecule has 1 heteroatoms. The van der Waals surface area contributed by atoms with Crippen molar-refractivity contribution in [3.8, 4) is 0 Å². The molecule has 0 aliphatic rings. The smallest absolute Gasteiger partial charge is 0.0633 e. The third-order valence-electron chi connectivity index (χ3n) is 2.74. The van der Waals surface area contributed by atoms with Crippen LogP contribution >= 0.6 is 0 Å². The summed E-state index contributed by atoms with van der Waals surface area (Å²) in [5.41, 5.74) is 1.52. The van der Waals surface area contributed by atoms with E-state index in [0.717, 1.165) is 6.42 Å². The first-order valence-electron chi connectivity index (χ1n) is 5.51. The highest BCUT2D eigenvalue weighted by Crippen LogP contribution is 1.96. The average Bonchev–Trinajstić information content (AvgIpc) is 2.31. The molecule has 0 aliphatic heterocycles. The van der Waals surface area contributed by atoms with Crippen molar-refractivity contribution in [2.75, 3.05) is 0 Å². The van der Waals surface area contributed by atoms with Crippen LogP contribution in [0.3, 0.4) is 0 Å². The number of benzene rings is 2. The van der Waals surface area contributed by atoms with E-state index in [-0.39, 0.29) is 9.52 Å². The van der Waals surface area contributed by atoms with Gasteiger partial charge in [-0.3, -0.25) is 0 Å². The fourth-order valence-corrected chi connectivity index (χ4v) is 3.69. The molecule has 0 heterocycles. The van der Waals surface area contributed by atoms with E-state index in [2.05, 4.69) is 61.5 Å². The summed E-state index contributed by atoms with van der Waals surface area (Å²) in [4.78, 5) is 0. The molecule has 0 nitrogen and oxygen atoms in total. The Labute approximate surface area is 93.8 Å². The molecule has 0 amide bonds. The molecule has 0 aliphatic carbocycles. The van der Waals surface area contributed by atoms with Gasteiger partial charge in [-0.1, -0.05) is 71.9 Å². The molecule has 0 atom stereocenters. The molecule has 0 bridgehead atoms. The van der Waals surface area contributed by atoms with Crippen LogP contribution in [0.4, 0.5) is 0 Å². The summed E-state index contributed by atoms with van der Waals surface area (Å²) in [6, 6.07) is 19.7. The van der Waals surface area contributed by atoms with Gasteiger partial charge in [-0.05, 0) is 12.0 Å². The lowest BCUT2D eigenvalue weighted by Gasteiger charge is -2.06. The largest absolute Gasteiger partial charge is 0.0878 e. The van der Waals surface area contributed by atoms with Crippen molar-refractivity contribution in [2.45, 2.75) is 13.3 Å². The number of rotatable bonds is 3. The van der Waals surface area contributed by atoms with Crippen LogP contribution in [0.1, 0.15) is 12.5 Å². The third-order valence-corrected chi connectivity index (χ3v) is 4.69. The molecule has 0 aromatic heterocycles. The Bertz CT molecular complexity index is 420. The Balaban J connectivity index is 2.24. The van der Waals surface area contributed by atoms with Gasteiger partial charge in [-0.15, -0.1) is 0 Å². The zero-order valence-electron chi connectivity index (χ0n) is 9.11. The Hall–Kier alpha value is -1.34. The van der Waals surface area contributed by atoms with Crippen LogP contribution in [0.2, 0.25) is 0 Å². The van der Waals surface area contributed by atoms with E-state index < -0.39 is 0 Å². The van der Waals surface area contributed by atoms with Gasteiger partial charge in [-0.25, -0.2) is 0 Å². The van der Waals surface area contributed by atoms with Crippen LogP contribution in [0, 0.1) is 0 Å². The molecule has 0 fully saturated rings. The second-order valence-corrected chi connectivity index (χ2v) is 5.72. The standard InChI is InChI=1S/C14H16Si/c1-2-12-8-6-7-11-14(12)15-13-9-4-3-5-10-13/h3-11H,2,15H2,1H3. The van der Waals surface area contributed by atoms with Gasteiger partial charge in [0.25, 0.3) is 0 Å². The highest BCUT2D eigenvalue weighted by molar-refractivity contribution is 6.67. The van der Waals surface area contributed by atoms with Gasteiger partial charge in [0.2, 0.25) is 0 Å². The highest BCUT2D eigenvalue weighted by atomic mass is 28.2. The molecule has 0 N–H and O–H groups in total. The summed E-state index contributed by atoms with van der Waals surface area (Å²) in [5, 5.41) is 3.12. The first kappa shape index (κ1) is 10.2. The summed E-state index contributed by atoms with van der Waals surface area (Å²) < 4.78 is 0. The molecule has 2 aromatic carbocycles. The summed E-state index contributed by atoms with van der Waals surface area (Å²) in [5.74, 6) is 0. The van der Waals surface area contributed by atoms with E-state index in [0.29, 0.717) is 0 Å². The molecular weight excluding hydrogens is 196 g/mol. The van der Waals surface area contributed by atoms with E-state index in [9.17, 15) is 0 Å². The van der Waals surface area contributed by atoms with E-state index in [4.69, 9.17) is 0 Å². The van der Waals surface area contributed by atoms with Gasteiger partial charge in [0, 0.05) is 0 Å². The Morgan fingerprint density at radius 2 is 1.53 bits per heavy atom. The average molecular weight is 212 g/mol. The Kier molecular flexibility index (Phi) is 3.35. The van der Waals surface area contributed by atoms with Gasteiger partial charge in [0.05, 0.1) is 9.52 Å². The lowest BCUT2D eigenvalue weighted by molar-refractivity contribution is 1.15. The third kappa shape index (κ3) is 2.57. The molecule has 0 saturated carbocycles. The molecule has 0 saturated heterocycles. The molecule has 0 radical (unpaired) electrons. The highest BCUT2D eigenvalue weighted by Gasteiger charge is 2.00. The second-order valence-electron chi connectivity index (χ2n) is 3.78. The van der Waals surface area contributed by atoms with Crippen molar-refractivity contribution in [1.29, 1.82) is 0 Å². The minimum atomic E-state index is -0.274. The van der Waals surface area contributed by atoms with Crippen molar-refractivity contribution in [3.63, 3.8) is 0 Å². The number of aryl methyl sites for hydroxylation is 1. The summed E-state index contributed by atoms with van der Waals surface area (Å²) in [7, 11) is -0.274. The summed E-state index contributed by atoms with van der Waals surface area (Å²) >= 11 is 0. The maximum Gasteiger partial charge on any atom is 0.0878 e. The summed E-state index contributed by atoms with van der Waals surface area (Å²) in [6.07, 6.45) is 1.15. The maximum atomic E-state index is 2.29. The maximum absolute atomic E-state index is 2.29. The Morgan fingerprint density at radius 1 is 0.867 bits per heavy atom. The molecule has 15 heavy (non-hydrogen) atoms. The second kappa shape index (κ2) is 4.94. The predicted molar refractivity (Wildman–Crippen MR) is 70.1 cm³/mol. The lowest BCUT2D eigenvalue weighted by atomic mass is 10.2. The van der Waals surface area contributed by atoms with Crippen molar-refractivity contribution >= 4 is 19.9 Å². The van der Waals surface area contributed by atoms with Crippen molar-refractivity contribution in [2.24, 2.45) is 0 Å². The van der Waals surface area contributed by atoms with E-state index in [1.807, 2.05) is 0 Å². The quantitative estimate of drug-likeness (QED) is 0.674. The van der Waals surface area contributed by atoms with Gasteiger partial charge < -0.3 is 0 Å². The molecule has 0 spiro atoms. The van der Waals surface area contributed by atoms with Crippen molar-refractivity contribution < 1.29 is 0 Å². The van der Waals surface area contributed by atoms with Gasteiger partial charge >= 0.3 is 0 Å².